The molecule has 0 saturated carbocycles. The first-order valence-electron chi connectivity index (χ1n) is 10.8. The lowest BCUT2D eigenvalue weighted by molar-refractivity contribution is -0.275. The van der Waals surface area contributed by atoms with E-state index in [1.165, 1.54) is 23.2 Å². The first kappa shape index (κ1) is 27.8. The van der Waals surface area contributed by atoms with Gasteiger partial charge in [0, 0.05) is 34.9 Å². The largest absolute Gasteiger partial charge is 0.435 e. The first-order valence-corrected chi connectivity index (χ1v) is 11.6. The Kier molecular flexibility index (Phi) is 7.40. The van der Waals surface area contributed by atoms with Gasteiger partial charge in [0.25, 0.3) is 11.5 Å². The quantitative estimate of drug-likeness (QED) is 0.512. The number of fused-ring (bicyclic) bond motifs is 1. The van der Waals surface area contributed by atoms with Crippen molar-refractivity contribution in [2.75, 3.05) is 13.1 Å². The van der Waals surface area contributed by atoms with E-state index in [0.29, 0.717) is 11.1 Å². The molecule has 0 fully saturated rings. The molecular formula is C22H17Cl2F6N5O3. The zero-order valence-electron chi connectivity index (χ0n) is 19.0. The third kappa shape index (κ3) is 5.90. The molecule has 0 aliphatic carbocycles. The fourth-order valence-electron chi connectivity index (χ4n) is 3.95. The number of oxime groups is 1. The van der Waals surface area contributed by atoms with Gasteiger partial charge < -0.3 is 20.4 Å². The number of amidine groups is 1. The number of hydrogen-bond donors (Lipinski definition) is 2. The van der Waals surface area contributed by atoms with E-state index in [-0.39, 0.29) is 40.2 Å². The van der Waals surface area contributed by atoms with Crippen molar-refractivity contribution in [3.05, 3.63) is 62.9 Å². The molecule has 4 rings (SSSR count). The topological polar surface area (TPSA) is 95.9 Å². The number of pyridine rings is 1. The third-order valence-electron chi connectivity index (χ3n) is 5.80. The summed E-state index contributed by atoms with van der Waals surface area (Å²) in [6.07, 6.45) is -8.77. The minimum absolute atomic E-state index is 0.00182. The van der Waals surface area contributed by atoms with Crippen molar-refractivity contribution in [3.8, 4) is 0 Å². The highest BCUT2D eigenvalue weighted by molar-refractivity contribution is 6.34. The number of aromatic nitrogens is 1. The van der Waals surface area contributed by atoms with Gasteiger partial charge in [-0.1, -0.05) is 28.4 Å². The van der Waals surface area contributed by atoms with E-state index >= 15 is 0 Å². The minimum atomic E-state index is -4.86. The Morgan fingerprint density at radius 3 is 2.29 bits per heavy atom. The summed E-state index contributed by atoms with van der Waals surface area (Å²) in [6, 6.07) is 4.88. The smallest absolute Gasteiger partial charge is 0.372 e. The van der Waals surface area contributed by atoms with Gasteiger partial charge in [0.1, 0.15) is 18.1 Å². The van der Waals surface area contributed by atoms with Crippen molar-refractivity contribution in [1.29, 1.82) is 0 Å². The maximum absolute atomic E-state index is 14.2. The van der Waals surface area contributed by atoms with E-state index < -0.39 is 49.3 Å². The molecule has 0 radical (unpaired) electrons. The van der Waals surface area contributed by atoms with Crippen LogP contribution in [0.2, 0.25) is 10.0 Å². The highest BCUT2D eigenvalue weighted by atomic mass is 35.5. The number of nitrogens with zero attached hydrogens (tertiary/aromatic N) is 3. The zero-order chi connectivity index (χ0) is 27.9. The molecule has 1 atom stereocenters. The van der Waals surface area contributed by atoms with Crippen LogP contribution >= 0.6 is 23.2 Å². The number of hydrogen-bond acceptors (Lipinski definition) is 6. The van der Waals surface area contributed by atoms with Crippen molar-refractivity contribution in [3.63, 3.8) is 0 Å². The fraction of sp³-hybridized carbons (Fsp3) is 0.364. The Bertz CT molecular complexity index is 1280. The number of nitrogens with one attached hydrogen (secondary N) is 2. The monoisotopic (exact) mass is 583 g/mol. The number of carbonyl (C=O) groups is 2. The molecule has 1 aromatic heterocycles. The number of amides is 2. The number of halogens is 8. The molecule has 38 heavy (non-hydrogen) atoms. The van der Waals surface area contributed by atoms with Gasteiger partial charge >= 0.3 is 12.4 Å². The van der Waals surface area contributed by atoms with Crippen molar-refractivity contribution >= 4 is 40.9 Å². The Morgan fingerprint density at radius 2 is 1.66 bits per heavy atom. The van der Waals surface area contributed by atoms with Gasteiger partial charge in [-0.25, -0.2) is 0 Å². The second-order valence-electron chi connectivity index (χ2n) is 8.53. The summed E-state index contributed by atoms with van der Waals surface area (Å²) < 4.78 is 79.2. The number of alkyl halides is 6. The summed E-state index contributed by atoms with van der Waals surface area (Å²) in [5.41, 5.74) is -2.07. The first-order chi connectivity index (χ1) is 17.7. The Labute approximate surface area is 220 Å². The molecule has 1 unspecified atom stereocenters. The molecular weight excluding hydrogens is 567 g/mol. The van der Waals surface area contributed by atoms with Crippen LogP contribution in [0.5, 0.6) is 0 Å². The van der Waals surface area contributed by atoms with Crippen LogP contribution in [-0.2, 0) is 28.3 Å². The van der Waals surface area contributed by atoms with Gasteiger partial charge in [0.15, 0.2) is 0 Å². The molecule has 3 heterocycles. The van der Waals surface area contributed by atoms with E-state index in [0.717, 1.165) is 12.1 Å². The summed E-state index contributed by atoms with van der Waals surface area (Å²) >= 11 is 11.8. The molecule has 8 nitrogen and oxygen atoms in total. The summed E-state index contributed by atoms with van der Waals surface area (Å²) in [4.78, 5) is 34.3. The molecule has 2 amide bonds. The highest BCUT2D eigenvalue weighted by Gasteiger charge is 2.63. The molecule has 2 aliphatic heterocycles. The average molecular weight is 584 g/mol. The number of carbonyl (C=O) groups excluding carboxylic acids is 2. The van der Waals surface area contributed by atoms with Gasteiger partial charge in [-0.15, -0.1) is 0 Å². The van der Waals surface area contributed by atoms with E-state index in [1.807, 2.05) is 0 Å². The number of benzene rings is 1. The lowest BCUT2D eigenvalue weighted by Crippen LogP contribution is -2.43. The van der Waals surface area contributed by atoms with Crippen LogP contribution < -0.4 is 10.6 Å². The van der Waals surface area contributed by atoms with Gasteiger partial charge in [-0.3, -0.25) is 14.6 Å². The predicted molar refractivity (Wildman–Crippen MR) is 122 cm³/mol. The summed E-state index contributed by atoms with van der Waals surface area (Å²) in [6.45, 7) is -2.03. The number of rotatable bonds is 5. The molecule has 0 spiro atoms. The molecule has 0 saturated heterocycles. The van der Waals surface area contributed by atoms with Crippen LogP contribution in [0.1, 0.15) is 33.6 Å². The molecule has 204 valence electrons. The zero-order valence-corrected chi connectivity index (χ0v) is 20.5. The lowest BCUT2D eigenvalue weighted by Gasteiger charge is -2.30. The SMILES string of the molecule is O=C(CNC(=O)c1cc2c(cn1)CN(C1=NOC(c3cc(Cl)cc(Cl)c3)(C(F)(F)F)C1)C2)NCC(F)(F)F. The van der Waals surface area contributed by atoms with Crippen molar-refractivity contribution in [2.24, 2.45) is 5.16 Å². The highest BCUT2D eigenvalue weighted by Crippen LogP contribution is 2.49. The standard InChI is InChI=1S/C22H17Cl2F6N5O3/c23-14-2-13(3-15(24)4-14)20(22(28,29)30)5-17(34-38-20)35-8-11-1-16(31-6-12(11)9-35)19(37)32-7-18(36)33-10-21(25,26)27/h1-4,6H,5,7-10H2,(H,32,37)(H,33,36). The predicted octanol–water partition coefficient (Wildman–Crippen LogP) is 4.30. The second-order valence-corrected chi connectivity index (χ2v) is 9.40. The molecule has 2 N–H and O–H groups in total. The van der Waals surface area contributed by atoms with E-state index in [9.17, 15) is 35.9 Å². The second kappa shape index (κ2) is 10.1. The third-order valence-corrected chi connectivity index (χ3v) is 6.24. The van der Waals surface area contributed by atoms with Gasteiger partial charge in [0.05, 0.1) is 13.0 Å². The van der Waals surface area contributed by atoms with Gasteiger partial charge in [0.2, 0.25) is 5.91 Å². The van der Waals surface area contributed by atoms with E-state index in [2.05, 4.69) is 15.5 Å². The van der Waals surface area contributed by atoms with E-state index in [1.54, 1.807) is 5.32 Å². The van der Waals surface area contributed by atoms with E-state index in [4.69, 9.17) is 28.0 Å². The van der Waals surface area contributed by atoms with Crippen LogP contribution in [0.15, 0.2) is 35.6 Å². The van der Waals surface area contributed by atoms with Crippen LogP contribution in [0.25, 0.3) is 0 Å². The molecule has 1 aromatic carbocycles. The molecule has 16 heteroatoms. The van der Waals surface area contributed by atoms with Crippen LogP contribution in [0, 0.1) is 0 Å². The Hall–Kier alpha value is -3.26. The van der Waals surface area contributed by atoms with Crippen molar-refractivity contribution in [1.82, 2.24) is 20.5 Å². The minimum Gasteiger partial charge on any atom is -0.372 e. The normalized spacial score (nSPS) is 19.1. The van der Waals surface area contributed by atoms with Crippen LogP contribution in [0.3, 0.4) is 0 Å². The summed E-state index contributed by atoms with van der Waals surface area (Å²) in [7, 11) is 0. The van der Waals surface area contributed by atoms with Crippen LogP contribution in [-0.4, -0.2) is 53.0 Å². The Morgan fingerprint density at radius 1 is 1.00 bits per heavy atom. The van der Waals surface area contributed by atoms with Crippen molar-refractivity contribution in [2.45, 2.75) is 37.5 Å². The summed E-state index contributed by atoms with van der Waals surface area (Å²) in [5.74, 6) is -1.86. The van der Waals surface area contributed by atoms with Gasteiger partial charge in [-0.05, 0) is 35.4 Å². The molecule has 2 aromatic rings. The summed E-state index contributed by atoms with van der Waals surface area (Å²) in [5, 5.41) is 7.48. The maximum atomic E-state index is 14.2. The molecule has 0 bridgehead atoms. The fourth-order valence-corrected chi connectivity index (χ4v) is 4.47. The Balaban J connectivity index is 1.43. The molecule has 2 aliphatic rings. The maximum Gasteiger partial charge on any atom is 0.435 e. The average Bonchev–Trinajstić information content (AvgIpc) is 3.44. The van der Waals surface area contributed by atoms with Crippen molar-refractivity contribution < 1.29 is 40.8 Å². The van der Waals surface area contributed by atoms with Gasteiger partial charge in [-0.2, -0.15) is 26.3 Å². The lowest BCUT2D eigenvalue weighted by atomic mass is 9.89. The van der Waals surface area contributed by atoms with Crippen LogP contribution in [0.4, 0.5) is 26.3 Å².